The van der Waals surface area contributed by atoms with E-state index in [0.29, 0.717) is 21.3 Å². The zero-order valence-electron chi connectivity index (χ0n) is 12.1. The van der Waals surface area contributed by atoms with Gasteiger partial charge in [-0.25, -0.2) is 4.99 Å². The monoisotopic (exact) mass is 403 g/mol. The Kier molecular flexibility index (Phi) is 4.77. The molecule has 0 atom stereocenters. The molecule has 2 aromatic rings. The minimum absolute atomic E-state index is 0.0186. The van der Waals surface area contributed by atoms with Gasteiger partial charge in [0.15, 0.2) is 5.17 Å². The molecule has 0 radical (unpaired) electrons. The average molecular weight is 404 g/mol. The maximum Gasteiger partial charge on any atom is 0.270 e. The van der Waals surface area contributed by atoms with Gasteiger partial charge in [-0.2, -0.15) is 0 Å². The van der Waals surface area contributed by atoms with E-state index in [4.69, 9.17) is 0 Å². The lowest BCUT2D eigenvalue weighted by atomic mass is 10.2. The maximum atomic E-state index is 12.1. The second-order valence-electron chi connectivity index (χ2n) is 4.79. The van der Waals surface area contributed by atoms with Gasteiger partial charge >= 0.3 is 0 Å². The fraction of sp³-hybridized carbons (Fsp3) is 0. The van der Waals surface area contributed by atoms with Crippen LogP contribution in [0.2, 0.25) is 0 Å². The van der Waals surface area contributed by atoms with Crippen molar-refractivity contribution in [2.75, 3.05) is 0 Å². The Morgan fingerprint density at radius 2 is 2.00 bits per heavy atom. The zero-order valence-corrected chi connectivity index (χ0v) is 14.5. The molecule has 1 aliphatic rings. The quantitative estimate of drug-likeness (QED) is 0.471. The van der Waals surface area contributed by atoms with Gasteiger partial charge in [0.25, 0.3) is 11.6 Å². The van der Waals surface area contributed by atoms with Crippen LogP contribution in [0.1, 0.15) is 5.56 Å². The molecule has 1 fully saturated rings. The summed E-state index contributed by atoms with van der Waals surface area (Å²) in [5, 5.41) is 14.0. The van der Waals surface area contributed by atoms with Crippen LogP contribution in [0.25, 0.3) is 6.08 Å². The molecule has 2 aromatic carbocycles. The number of nitrogens with zero attached hydrogens (tertiary/aromatic N) is 2. The number of thioether (sulfide) groups is 1. The predicted molar refractivity (Wildman–Crippen MR) is 98.0 cm³/mol. The first kappa shape index (κ1) is 16.4. The van der Waals surface area contributed by atoms with E-state index in [0.717, 1.165) is 4.47 Å². The van der Waals surface area contributed by atoms with Crippen molar-refractivity contribution in [3.05, 3.63) is 73.6 Å². The molecule has 8 heteroatoms. The van der Waals surface area contributed by atoms with E-state index < -0.39 is 4.92 Å². The first-order valence-electron chi connectivity index (χ1n) is 6.81. The van der Waals surface area contributed by atoms with Gasteiger partial charge in [-0.05, 0) is 51.5 Å². The molecule has 120 valence electrons. The number of amidine groups is 1. The van der Waals surface area contributed by atoms with Gasteiger partial charge < -0.3 is 5.32 Å². The van der Waals surface area contributed by atoms with Gasteiger partial charge in [0.1, 0.15) is 0 Å². The Balaban J connectivity index is 1.86. The number of hydrogen-bond acceptors (Lipinski definition) is 5. The van der Waals surface area contributed by atoms with Crippen LogP contribution in [-0.4, -0.2) is 16.0 Å². The van der Waals surface area contributed by atoms with Crippen molar-refractivity contribution < 1.29 is 9.72 Å². The van der Waals surface area contributed by atoms with Gasteiger partial charge in [-0.15, -0.1) is 0 Å². The maximum absolute atomic E-state index is 12.1. The molecular formula is C16H10BrN3O3S. The van der Waals surface area contributed by atoms with Crippen molar-refractivity contribution in [3.63, 3.8) is 0 Å². The molecule has 0 aliphatic carbocycles. The largest absolute Gasteiger partial charge is 0.300 e. The Hall–Kier alpha value is -2.45. The SMILES string of the molecule is O=C1NC(=Nc2ccccc2Br)SC1=Cc1cccc([N+](=O)[O-])c1. The second kappa shape index (κ2) is 6.98. The number of aliphatic imine (C=N–C) groups is 1. The normalized spacial score (nSPS) is 17.3. The molecule has 0 aromatic heterocycles. The van der Waals surface area contributed by atoms with E-state index >= 15 is 0 Å². The van der Waals surface area contributed by atoms with Crippen molar-refractivity contribution in [2.45, 2.75) is 0 Å². The number of benzene rings is 2. The molecular weight excluding hydrogens is 394 g/mol. The van der Waals surface area contributed by atoms with Gasteiger partial charge in [0.2, 0.25) is 0 Å². The van der Waals surface area contributed by atoms with Crippen molar-refractivity contribution in [2.24, 2.45) is 4.99 Å². The predicted octanol–water partition coefficient (Wildman–Crippen LogP) is 4.25. The van der Waals surface area contributed by atoms with Gasteiger partial charge in [0.05, 0.1) is 15.5 Å². The highest BCUT2D eigenvalue weighted by Gasteiger charge is 2.24. The number of hydrogen-bond donors (Lipinski definition) is 1. The number of nitrogens with one attached hydrogen (secondary N) is 1. The van der Waals surface area contributed by atoms with Gasteiger partial charge in [-0.3, -0.25) is 14.9 Å². The molecule has 0 spiro atoms. The third-order valence-corrected chi connectivity index (χ3v) is 4.68. The van der Waals surface area contributed by atoms with E-state index in [2.05, 4.69) is 26.2 Å². The fourth-order valence-electron chi connectivity index (χ4n) is 2.01. The summed E-state index contributed by atoms with van der Waals surface area (Å²) < 4.78 is 0.823. The van der Waals surface area contributed by atoms with E-state index in [1.807, 2.05) is 24.3 Å². The van der Waals surface area contributed by atoms with E-state index in [1.54, 1.807) is 18.2 Å². The summed E-state index contributed by atoms with van der Waals surface area (Å²) in [5.74, 6) is -0.280. The summed E-state index contributed by atoms with van der Waals surface area (Å²) in [5.41, 5.74) is 1.27. The number of amides is 1. The van der Waals surface area contributed by atoms with Crippen molar-refractivity contribution in [1.82, 2.24) is 5.32 Å². The Bertz CT molecular complexity index is 896. The Labute approximate surface area is 150 Å². The third-order valence-electron chi connectivity index (χ3n) is 3.10. The first-order chi connectivity index (χ1) is 11.5. The van der Waals surface area contributed by atoms with Gasteiger partial charge in [0, 0.05) is 16.6 Å². The number of para-hydroxylation sites is 1. The molecule has 0 unspecified atom stereocenters. The molecule has 24 heavy (non-hydrogen) atoms. The molecule has 0 bridgehead atoms. The standard InChI is InChI=1S/C16H10BrN3O3S/c17-12-6-1-2-7-13(12)18-16-19-15(21)14(24-16)9-10-4-3-5-11(8-10)20(22)23/h1-9H,(H,18,19,21). The minimum Gasteiger partial charge on any atom is -0.300 e. The molecule has 1 heterocycles. The van der Waals surface area contributed by atoms with Crippen LogP contribution in [-0.2, 0) is 4.79 Å². The Morgan fingerprint density at radius 3 is 2.75 bits per heavy atom. The van der Waals surface area contributed by atoms with E-state index in [1.165, 1.54) is 23.9 Å². The highest BCUT2D eigenvalue weighted by Crippen LogP contribution is 2.31. The minimum atomic E-state index is -0.469. The third kappa shape index (κ3) is 3.72. The van der Waals surface area contributed by atoms with Gasteiger partial charge in [-0.1, -0.05) is 24.3 Å². The topological polar surface area (TPSA) is 84.6 Å². The highest BCUT2D eigenvalue weighted by molar-refractivity contribution is 9.10. The van der Waals surface area contributed by atoms with Crippen LogP contribution in [0.3, 0.4) is 0 Å². The first-order valence-corrected chi connectivity index (χ1v) is 8.42. The molecule has 1 amide bonds. The molecule has 1 saturated heterocycles. The summed E-state index contributed by atoms with van der Waals surface area (Å²) in [7, 11) is 0. The molecule has 0 saturated carbocycles. The summed E-state index contributed by atoms with van der Waals surface area (Å²) >= 11 is 4.59. The zero-order chi connectivity index (χ0) is 17.1. The molecule has 3 rings (SSSR count). The number of nitro groups is 1. The van der Waals surface area contributed by atoms with Crippen molar-refractivity contribution >= 4 is 56.2 Å². The second-order valence-corrected chi connectivity index (χ2v) is 6.67. The number of carbonyl (C=O) groups excluding carboxylic acids is 1. The van der Waals surface area contributed by atoms with Crippen LogP contribution in [0.5, 0.6) is 0 Å². The van der Waals surface area contributed by atoms with Crippen LogP contribution in [0.4, 0.5) is 11.4 Å². The lowest BCUT2D eigenvalue weighted by molar-refractivity contribution is -0.384. The highest BCUT2D eigenvalue weighted by atomic mass is 79.9. The number of nitro benzene ring substituents is 1. The lowest BCUT2D eigenvalue weighted by Crippen LogP contribution is -2.19. The molecule has 1 N–H and O–H groups in total. The van der Waals surface area contributed by atoms with Crippen molar-refractivity contribution in [1.29, 1.82) is 0 Å². The Morgan fingerprint density at radius 1 is 1.21 bits per heavy atom. The molecule has 1 aliphatic heterocycles. The smallest absolute Gasteiger partial charge is 0.270 e. The summed E-state index contributed by atoms with van der Waals surface area (Å²) in [4.78, 5) is 27.2. The molecule has 6 nitrogen and oxygen atoms in total. The summed E-state index contributed by atoms with van der Waals surface area (Å²) in [6, 6.07) is 13.5. The lowest BCUT2D eigenvalue weighted by Gasteiger charge is -1.98. The van der Waals surface area contributed by atoms with Crippen LogP contribution >= 0.6 is 27.7 Å². The number of carbonyl (C=O) groups is 1. The summed E-state index contributed by atoms with van der Waals surface area (Å²) in [6.07, 6.45) is 1.61. The van der Waals surface area contributed by atoms with E-state index in [9.17, 15) is 14.9 Å². The number of rotatable bonds is 3. The fourth-order valence-corrected chi connectivity index (χ4v) is 3.22. The number of halogens is 1. The van der Waals surface area contributed by atoms with Crippen LogP contribution < -0.4 is 5.32 Å². The van der Waals surface area contributed by atoms with Crippen molar-refractivity contribution in [3.8, 4) is 0 Å². The van der Waals surface area contributed by atoms with Crippen LogP contribution in [0, 0.1) is 10.1 Å². The number of non-ortho nitro benzene ring substituents is 1. The van der Waals surface area contributed by atoms with Crippen LogP contribution in [0.15, 0.2) is 62.9 Å². The average Bonchev–Trinajstić information content (AvgIpc) is 2.89. The summed E-state index contributed by atoms with van der Waals surface area (Å²) in [6.45, 7) is 0. The van der Waals surface area contributed by atoms with E-state index in [-0.39, 0.29) is 11.6 Å².